The van der Waals surface area contributed by atoms with Crippen LogP contribution in [-0.4, -0.2) is 37.2 Å². The molecule has 9 heteroatoms. The molecule has 0 fully saturated rings. The normalized spacial score (nSPS) is 19.9. The lowest BCUT2D eigenvalue weighted by Gasteiger charge is -2.23. The zero-order valence-corrected chi connectivity index (χ0v) is 14.8. The summed E-state index contributed by atoms with van der Waals surface area (Å²) >= 11 is 0. The molecule has 0 saturated heterocycles. The Morgan fingerprint density at radius 3 is 2.67 bits per heavy atom. The number of hydrogen-bond acceptors (Lipinski definition) is 8. The predicted octanol–water partition coefficient (Wildman–Crippen LogP) is 2.34. The Labute approximate surface area is 155 Å². The van der Waals surface area contributed by atoms with Gasteiger partial charge in [-0.05, 0) is 23.3 Å². The Hall–Kier alpha value is -3.72. The fraction of sp³-hybridized carbons (Fsp3) is 0.111. The fourth-order valence-electron chi connectivity index (χ4n) is 2.85. The molecule has 0 bridgehead atoms. The van der Waals surface area contributed by atoms with Crippen molar-refractivity contribution in [2.24, 2.45) is 15.1 Å². The Balaban J connectivity index is 1.70. The molecular formula is C18H18N7O2+. The Morgan fingerprint density at radius 1 is 1.07 bits per heavy atom. The second-order valence-electron chi connectivity index (χ2n) is 5.79. The number of nitrogens with one attached hydrogen (secondary N) is 1. The number of fused-ring (bicyclic) bond motifs is 1. The van der Waals surface area contributed by atoms with Crippen molar-refractivity contribution in [2.75, 3.05) is 25.3 Å². The van der Waals surface area contributed by atoms with E-state index in [1.165, 1.54) is 0 Å². The quantitative estimate of drug-likeness (QED) is 0.810. The predicted molar refractivity (Wildman–Crippen MR) is 106 cm³/mol. The van der Waals surface area contributed by atoms with E-state index in [4.69, 9.17) is 20.3 Å². The molecule has 2 aliphatic rings. The van der Waals surface area contributed by atoms with Crippen molar-refractivity contribution >= 4 is 35.2 Å². The summed E-state index contributed by atoms with van der Waals surface area (Å²) in [5.74, 6) is 2.78. The molecule has 1 aromatic carbocycles. The third kappa shape index (κ3) is 2.89. The number of guanidine groups is 1. The number of benzene rings is 1. The number of nitrogens with two attached hydrogens (primary N) is 1. The summed E-state index contributed by atoms with van der Waals surface area (Å²) < 4.78 is 10.6. The molecule has 2 aliphatic heterocycles. The number of nitrogens with zero attached hydrogens (tertiary/aromatic N) is 5. The molecule has 3 heterocycles. The van der Waals surface area contributed by atoms with Crippen molar-refractivity contribution in [3.8, 4) is 11.5 Å². The molecule has 136 valence electrons. The molecular weight excluding hydrogens is 346 g/mol. The molecule has 3 N–H and O–H groups in total. The Morgan fingerprint density at radius 2 is 1.93 bits per heavy atom. The van der Waals surface area contributed by atoms with Gasteiger partial charge in [-0.3, -0.25) is 4.99 Å². The molecule has 0 amide bonds. The second-order valence-corrected chi connectivity index (χ2v) is 5.79. The standard InChI is InChI=1S/C18H18N7O2/c1-26-14-5-3-12(9-15(14)27-2)22-18-23-17-11-20-7-8-25(17,24-18)13-4-6-16(19)21-10-13/h3-11H,1-2H3,(H2,19,21)(H,22,24)/q+1. The zero-order chi connectivity index (χ0) is 18.9. The molecule has 0 spiro atoms. The molecule has 0 radical (unpaired) electrons. The lowest BCUT2D eigenvalue weighted by Crippen LogP contribution is -2.44. The van der Waals surface area contributed by atoms with E-state index in [1.54, 1.807) is 38.9 Å². The molecule has 2 aromatic rings. The lowest BCUT2D eigenvalue weighted by molar-refractivity contribution is 0.355. The van der Waals surface area contributed by atoms with E-state index in [-0.39, 0.29) is 4.59 Å². The highest BCUT2D eigenvalue weighted by molar-refractivity contribution is 6.38. The lowest BCUT2D eigenvalue weighted by atomic mass is 10.3. The van der Waals surface area contributed by atoms with Gasteiger partial charge >= 0.3 is 0 Å². The third-order valence-corrected chi connectivity index (χ3v) is 4.18. The first-order chi connectivity index (χ1) is 13.1. The number of pyridine rings is 1. The summed E-state index contributed by atoms with van der Waals surface area (Å²) in [6.45, 7) is 0. The number of nitrogen functional groups attached to an aromatic ring is 1. The van der Waals surface area contributed by atoms with Gasteiger partial charge in [0.15, 0.2) is 23.4 Å². The highest BCUT2D eigenvalue weighted by Crippen LogP contribution is 2.32. The minimum atomic E-state index is 0.0341. The molecule has 1 unspecified atom stereocenters. The van der Waals surface area contributed by atoms with Crippen molar-refractivity contribution in [2.45, 2.75) is 0 Å². The summed E-state index contributed by atoms with van der Waals surface area (Å²) in [7, 11) is 3.18. The van der Waals surface area contributed by atoms with Crippen molar-refractivity contribution in [1.29, 1.82) is 0 Å². The van der Waals surface area contributed by atoms with Crippen LogP contribution in [0.15, 0.2) is 64.0 Å². The van der Waals surface area contributed by atoms with Gasteiger partial charge in [-0.25, -0.2) is 4.98 Å². The highest BCUT2D eigenvalue weighted by atomic mass is 16.5. The maximum atomic E-state index is 5.71. The topological polar surface area (TPSA) is 106 Å². The van der Waals surface area contributed by atoms with Gasteiger partial charge in [0.25, 0.3) is 11.8 Å². The highest BCUT2D eigenvalue weighted by Gasteiger charge is 2.43. The van der Waals surface area contributed by atoms with Gasteiger partial charge in [0, 0.05) is 17.8 Å². The van der Waals surface area contributed by atoms with Crippen LogP contribution in [0.25, 0.3) is 0 Å². The SMILES string of the molecule is COc1ccc(NC2=N[N+]3(c4ccc(N)nc4)C=CN=CC3=N2)cc1OC. The van der Waals surface area contributed by atoms with Crippen LogP contribution in [0.1, 0.15) is 0 Å². The smallest absolute Gasteiger partial charge is 0.287 e. The molecule has 9 nitrogen and oxygen atoms in total. The summed E-state index contributed by atoms with van der Waals surface area (Å²) in [6, 6.07) is 9.09. The molecule has 0 aliphatic carbocycles. The van der Waals surface area contributed by atoms with Crippen LogP contribution in [0, 0.1) is 0 Å². The van der Waals surface area contributed by atoms with E-state index in [1.807, 2.05) is 30.5 Å². The number of aliphatic imine (C=N–C) groups is 2. The van der Waals surface area contributed by atoms with Crippen LogP contribution < -0.4 is 25.1 Å². The van der Waals surface area contributed by atoms with Crippen molar-refractivity contribution in [1.82, 2.24) is 9.58 Å². The number of anilines is 2. The van der Waals surface area contributed by atoms with Gasteiger partial charge in [0.2, 0.25) is 0 Å². The second kappa shape index (κ2) is 6.54. The first-order valence-corrected chi connectivity index (χ1v) is 8.15. The number of hydrogen-bond donors (Lipinski definition) is 2. The molecule has 4 rings (SSSR count). The minimum absolute atomic E-state index is 0.0341. The van der Waals surface area contributed by atoms with Gasteiger partial charge < -0.3 is 20.5 Å². The van der Waals surface area contributed by atoms with Gasteiger partial charge in [0.1, 0.15) is 12.0 Å². The molecule has 1 atom stereocenters. The number of amidine groups is 1. The first-order valence-electron chi connectivity index (χ1n) is 8.15. The largest absolute Gasteiger partial charge is 0.493 e. The maximum Gasteiger partial charge on any atom is 0.287 e. The van der Waals surface area contributed by atoms with E-state index in [9.17, 15) is 0 Å². The minimum Gasteiger partial charge on any atom is -0.493 e. The van der Waals surface area contributed by atoms with Crippen molar-refractivity contribution in [3.63, 3.8) is 0 Å². The number of ether oxygens (including phenoxy) is 2. The van der Waals surface area contributed by atoms with E-state index in [0.717, 1.165) is 11.4 Å². The van der Waals surface area contributed by atoms with E-state index < -0.39 is 0 Å². The summed E-state index contributed by atoms with van der Waals surface area (Å²) in [5.41, 5.74) is 7.28. The van der Waals surface area contributed by atoms with Gasteiger partial charge in [-0.1, -0.05) is 4.59 Å². The van der Waals surface area contributed by atoms with Crippen LogP contribution in [0.3, 0.4) is 0 Å². The van der Waals surface area contributed by atoms with Crippen molar-refractivity contribution < 1.29 is 9.47 Å². The number of aromatic nitrogens is 1. The first kappa shape index (κ1) is 16.7. The van der Waals surface area contributed by atoms with Crippen LogP contribution in [0.4, 0.5) is 17.2 Å². The van der Waals surface area contributed by atoms with E-state index >= 15 is 0 Å². The summed E-state index contributed by atoms with van der Waals surface area (Å²) in [5, 5.41) is 7.94. The molecule has 27 heavy (non-hydrogen) atoms. The number of quaternary nitrogens is 1. The van der Waals surface area contributed by atoms with Crippen LogP contribution in [0.2, 0.25) is 0 Å². The van der Waals surface area contributed by atoms with E-state index in [2.05, 4.69) is 20.3 Å². The number of methoxy groups -OCH3 is 2. The van der Waals surface area contributed by atoms with Crippen LogP contribution in [-0.2, 0) is 0 Å². The van der Waals surface area contributed by atoms with E-state index in [0.29, 0.717) is 29.1 Å². The van der Waals surface area contributed by atoms with Crippen LogP contribution in [0.5, 0.6) is 11.5 Å². The average molecular weight is 364 g/mol. The monoisotopic (exact) mass is 364 g/mol. The van der Waals surface area contributed by atoms with Gasteiger partial charge in [-0.15, -0.1) is 0 Å². The maximum absolute atomic E-state index is 5.71. The third-order valence-electron chi connectivity index (χ3n) is 4.18. The van der Waals surface area contributed by atoms with Gasteiger partial charge in [0.05, 0.1) is 26.6 Å². The van der Waals surface area contributed by atoms with Crippen molar-refractivity contribution in [3.05, 3.63) is 48.9 Å². The van der Waals surface area contributed by atoms with Gasteiger partial charge in [-0.2, -0.15) is 4.99 Å². The number of rotatable bonds is 4. The Bertz CT molecular complexity index is 995. The average Bonchev–Trinajstić information content (AvgIpc) is 3.07. The molecule has 1 aromatic heterocycles. The fourth-order valence-corrected chi connectivity index (χ4v) is 2.85. The summed E-state index contributed by atoms with van der Waals surface area (Å²) in [4.78, 5) is 12.9. The molecule has 0 saturated carbocycles. The summed E-state index contributed by atoms with van der Waals surface area (Å²) in [6.07, 6.45) is 6.86. The van der Waals surface area contributed by atoms with Crippen LogP contribution >= 0.6 is 0 Å². The zero-order valence-electron chi connectivity index (χ0n) is 14.8. The Kier molecular flexibility index (Phi) is 4.05.